The van der Waals surface area contributed by atoms with Crippen molar-refractivity contribution in [1.29, 1.82) is 0 Å². The van der Waals surface area contributed by atoms with E-state index in [-0.39, 0.29) is 29.3 Å². The lowest BCUT2D eigenvalue weighted by Crippen LogP contribution is -2.60. The van der Waals surface area contributed by atoms with Gasteiger partial charge in [0.05, 0.1) is 6.10 Å². The van der Waals surface area contributed by atoms with Crippen LogP contribution in [0.2, 0.25) is 0 Å². The average Bonchev–Trinajstić information content (AvgIpc) is 2.73. The van der Waals surface area contributed by atoms with E-state index >= 15 is 0 Å². The molecule has 4 heteroatoms. The Balaban J connectivity index is 1.85. The fourth-order valence-electron chi connectivity index (χ4n) is 5.84. The molecule has 1 heterocycles. The van der Waals surface area contributed by atoms with E-state index < -0.39 is 17.1 Å². The number of esters is 1. The van der Waals surface area contributed by atoms with Crippen LogP contribution < -0.4 is 0 Å². The maximum absolute atomic E-state index is 12.2. The molecule has 3 aliphatic carbocycles. The highest BCUT2D eigenvalue weighted by molar-refractivity contribution is 5.87. The summed E-state index contributed by atoms with van der Waals surface area (Å²) < 4.78 is 5.15. The minimum atomic E-state index is -1.36. The first-order chi connectivity index (χ1) is 8.68. The predicted molar refractivity (Wildman–Crippen MR) is 67.1 cm³/mol. The van der Waals surface area contributed by atoms with Crippen LogP contribution in [-0.2, 0) is 9.53 Å². The number of fused-ring (bicyclic) bond motifs is 2. The SMILES string of the molecule is CC1(C)C[C@@H]2[C@@H](O)[C@@]3(O)COC(=O)[C@@]34C[C@@]4(C)[C@H]2C1. The van der Waals surface area contributed by atoms with Gasteiger partial charge in [-0.15, -0.1) is 0 Å². The third-order valence-electron chi connectivity index (χ3n) is 6.78. The Kier molecular flexibility index (Phi) is 1.83. The van der Waals surface area contributed by atoms with Gasteiger partial charge in [-0.25, -0.2) is 0 Å². The van der Waals surface area contributed by atoms with Crippen molar-refractivity contribution in [2.75, 3.05) is 6.61 Å². The summed E-state index contributed by atoms with van der Waals surface area (Å²) in [6, 6.07) is 0. The molecular formula is C15H22O4. The van der Waals surface area contributed by atoms with Crippen molar-refractivity contribution in [3.05, 3.63) is 0 Å². The summed E-state index contributed by atoms with van der Waals surface area (Å²) in [5.41, 5.74) is -2.20. The van der Waals surface area contributed by atoms with Crippen molar-refractivity contribution in [2.24, 2.45) is 28.1 Å². The summed E-state index contributed by atoms with van der Waals surface area (Å²) in [6.45, 7) is 6.50. The van der Waals surface area contributed by atoms with E-state index in [1.54, 1.807) is 0 Å². The van der Waals surface area contributed by atoms with Gasteiger partial charge in [0.2, 0.25) is 0 Å². The monoisotopic (exact) mass is 266 g/mol. The number of carbonyl (C=O) groups is 1. The lowest BCUT2D eigenvalue weighted by atomic mass is 9.61. The highest BCUT2D eigenvalue weighted by Crippen LogP contribution is 2.82. The molecule has 0 aromatic rings. The van der Waals surface area contributed by atoms with Crippen LogP contribution in [0.5, 0.6) is 0 Å². The second kappa shape index (κ2) is 2.86. The average molecular weight is 266 g/mol. The van der Waals surface area contributed by atoms with Crippen LogP contribution >= 0.6 is 0 Å². The van der Waals surface area contributed by atoms with E-state index in [2.05, 4.69) is 20.8 Å². The van der Waals surface area contributed by atoms with E-state index in [4.69, 9.17) is 4.74 Å². The zero-order valence-corrected chi connectivity index (χ0v) is 11.8. The number of cyclic esters (lactones) is 1. The van der Waals surface area contributed by atoms with Gasteiger partial charge >= 0.3 is 5.97 Å². The normalized spacial score (nSPS) is 61.1. The number of aliphatic hydroxyl groups excluding tert-OH is 1. The molecule has 4 rings (SSSR count). The van der Waals surface area contributed by atoms with Crippen LogP contribution in [0.25, 0.3) is 0 Å². The van der Waals surface area contributed by atoms with Crippen molar-refractivity contribution in [1.82, 2.24) is 0 Å². The molecule has 3 saturated carbocycles. The Labute approximate surface area is 113 Å². The second-order valence-corrected chi connectivity index (χ2v) is 8.29. The third-order valence-corrected chi connectivity index (χ3v) is 6.78. The van der Waals surface area contributed by atoms with Gasteiger partial charge in [0.15, 0.2) is 0 Å². The molecule has 106 valence electrons. The van der Waals surface area contributed by atoms with Crippen molar-refractivity contribution < 1.29 is 19.7 Å². The van der Waals surface area contributed by atoms with Crippen molar-refractivity contribution >= 4 is 5.97 Å². The summed E-state index contributed by atoms with van der Waals surface area (Å²) in [4.78, 5) is 12.2. The zero-order chi connectivity index (χ0) is 13.8. The molecule has 0 unspecified atom stereocenters. The van der Waals surface area contributed by atoms with Gasteiger partial charge < -0.3 is 14.9 Å². The van der Waals surface area contributed by atoms with Crippen LogP contribution in [0, 0.1) is 28.1 Å². The Morgan fingerprint density at radius 1 is 1.26 bits per heavy atom. The van der Waals surface area contributed by atoms with Crippen LogP contribution in [-0.4, -0.2) is 34.5 Å². The van der Waals surface area contributed by atoms with Gasteiger partial charge in [0, 0.05) is 0 Å². The molecule has 1 saturated heterocycles. The molecule has 0 amide bonds. The van der Waals surface area contributed by atoms with Gasteiger partial charge in [0.25, 0.3) is 0 Å². The fraction of sp³-hybridized carbons (Fsp3) is 0.933. The zero-order valence-electron chi connectivity index (χ0n) is 11.8. The first kappa shape index (κ1) is 12.2. The largest absolute Gasteiger partial charge is 0.462 e. The molecule has 0 aromatic heterocycles. The van der Waals surface area contributed by atoms with Gasteiger partial charge in [-0.1, -0.05) is 20.8 Å². The molecular weight excluding hydrogens is 244 g/mol. The Morgan fingerprint density at radius 3 is 2.63 bits per heavy atom. The minimum Gasteiger partial charge on any atom is -0.462 e. The lowest BCUT2D eigenvalue weighted by molar-refractivity contribution is -0.176. The molecule has 6 atom stereocenters. The standard InChI is InChI=1S/C15H22O4/c1-12(2)4-8-9(5-12)13(3)6-14(13)11(17)19-7-15(14,18)10(8)16/h8-10,16,18H,4-7H2,1-3H3/t8-,9-,10+,13-,14+,15-/m0/s1. The number of hydrogen-bond acceptors (Lipinski definition) is 4. The van der Waals surface area contributed by atoms with Gasteiger partial charge in [-0.2, -0.15) is 0 Å². The third kappa shape index (κ3) is 1.03. The Bertz CT molecular complexity index is 487. The number of aliphatic hydroxyl groups is 2. The van der Waals surface area contributed by atoms with Crippen LogP contribution in [0.4, 0.5) is 0 Å². The molecule has 0 aromatic carbocycles. The highest BCUT2D eigenvalue weighted by atomic mass is 16.6. The summed E-state index contributed by atoms with van der Waals surface area (Å²) >= 11 is 0. The topological polar surface area (TPSA) is 66.8 Å². The fourth-order valence-corrected chi connectivity index (χ4v) is 5.84. The number of hydrogen-bond donors (Lipinski definition) is 2. The van der Waals surface area contributed by atoms with Crippen LogP contribution in [0.15, 0.2) is 0 Å². The molecule has 19 heavy (non-hydrogen) atoms. The summed E-state index contributed by atoms with van der Waals surface area (Å²) in [7, 11) is 0. The molecule has 2 N–H and O–H groups in total. The van der Waals surface area contributed by atoms with Crippen molar-refractivity contribution in [3.8, 4) is 0 Å². The Hall–Kier alpha value is -0.610. The number of ether oxygens (including phenoxy) is 1. The van der Waals surface area contributed by atoms with E-state index in [1.807, 2.05) is 0 Å². The molecule has 1 spiro atoms. The van der Waals surface area contributed by atoms with E-state index in [1.165, 1.54) is 0 Å². The van der Waals surface area contributed by atoms with Crippen molar-refractivity contribution in [3.63, 3.8) is 0 Å². The maximum Gasteiger partial charge on any atom is 0.315 e. The summed E-state index contributed by atoms with van der Waals surface area (Å²) in [5.74, 6) is 0.123. The smallest absolute Gasteiger partial charge is 0.315 e. The molecule has 4 nitrogen and oxygen atoms in total. The number of carbonyl (C=O) groups excluding carboxylic acids is 1. The number of rotatable bonds is 0. The van der Waals surface area contributed by atoms with E-state index in [9.17, 15) is 15.0 Å². The molecule has 4 aliphatic rings. The molecule has 0 radical (unpaired) electrons. The quantitative estimate of drug-likeness (QED) is 0.644. The first-order valence-corrected chi connectivity index (χ1v) is 7.26. The van der Waals surface area contributed by atoms with Gasteiger partial charge in [0.1, 0.15) is 17.6 Å². The lowest BCUT2D eigenvalue weighted by Gasteiger charge is -2.46. The van der Waals surface area contributed by atoms with Crippen LogP contribution in [0.3, 0.4) is 0 Å². The van der Waals surface area contributed by atoms with Gasteiger partial charge in [-0.05, 0) is 41.9 Å². The highest BCUT2D eigenvalue weighted by Gasteiger charge is 2.89. The molecule has 1 aliphatic heterocycles. The van der Waals surface area contributed by atoms with E-state index in [0.29, 0.717) is 12.3 Å². The predicted octanol–water partition coefficient (Wildman–Crippen LogP) is 1.10. The van der Waals surface area contributed by atoms with E-state index in [0.717, 1.165) is 12.8 Å². The van der Waals surface area contributed by atoms with Crippen molar-refractivity contribution in [2.45, 2.75) is 51.7 Å². The summed E-state index contributed by atoms with van der Waals surface area (Å²) in [5, 5.41) is 21.6. The van der Waals surface area contributed by atoms with Gasteiger partial charge in [-0.3, -0.25) is 4.79 Å². The molecule has 0 bridgehead atoms. The first-order valence-electron chi connectivity index (χ1n) is 7.26. The maximum atomic E-state index is 12.2. The Morgan fingerprint density at radius 2 is 1.95 bits per heavy atom. The minimum absolute atomic E-state index is 0.0355. The second-order valence-electron chi connectivity index (χ2n) is 8.29. The summed E-state index contributed by atoms with van der Waals surface area (Å²) in [6.07, 6.45) is 1.78. The van der Waals surface area contributed by atoms with Crippen LogP contribution in [0.1, 0.15) is 40.0 Å². The molecule has 4 fully saturated rings.